The van der Waals surface area contributed by atoms with Crippen LogP contribution in [0.1, 0.15) is 29.6 Å². The van der Waals surface area contributed by atoms with Crippen molar-refractivity contribution in [2.24, 2.45) is 0 Å². The van der Waals surface area contributed by atoms with E-state index in [1.807, 2.05) is 0 Å². The second kappa shape index (κ2) is 6.72. The SMILES string of the molecule is O=C(NCCCO)c1cc(N2CCCC2=O)ccc1Cl. The van der Waals surface area contributed by atoms with E-state index < -0.39 is 0 Å². The number of hydrogen-bond donors (Lipinski definition) is 2. The summed E-state index contributed by atoms with van der Waals surface area (Å²) >= 11 is 6.03. The van der Waals surface area contributed by atoms with Crippen LogP contribution in [-0.4, -0.2) is 36.6 Å². The highest BCUT2D eigenvalue weighted by atomic mass is 35.5. The van der Waals surface area contributed by atoms with Gasteiger partial charge < -0.3 is 15.3 Å². The molecule has 0 atom stereocenters. The summed E-state index contributed by atoms with van der Waals surface area (Å²) in [6.07, 6.45) is 1.87. The molecule has 0 radical (unpaired) electrons. The van der Waals surface area contributed by atoms with E-state index in [-0.39, 0.29) is 18.4 Å². The Hall–Kier alpha value is -1.59. The summed E-state index contributed by atoms with van der Waals surface area (Å²) in [6, 6.07) is 5.01. The number of aliphatic hydroxyl groups is 1. The summed E-state index contributed by atoms with van der Waals surface area (Å²) < 4.78 is 0. The van der Waals surface area contributed by atoms with Crippen LogP contribution >= 0.6 is 11.6 Å². The summed E-state index contributed by atoms with van der Waals surface area (Å²) in [5.41, 5.74) is 1.05. The van der Waals surface area contributed by atoms with Crippen molar-refractivity contribution in [2.75, 3.05) is 24.6 Å². The number of halogens is 1. The third-order valence-electron chi connectivity index (χ3n) is 3.20. The largest absolute Gasteiger partial charge is 0.396 e. The van der Waals surface area contributed by atoms with Gasteiger partial charge in [0.15, 0.2) is 0 Å². The topological polar surface area (TPSA) is 69.6 Å². The summed E-state index contributed by atoms with van der Waals surface area (Å²) in [6.45, 7) is 1.08. The lowest BCUT2D eigenvalue weighted by atomic mass is 10.1. The maximum absolute atomic E-state index is 12.0. The van der Waals surface area contributed by atoms with Gasteiger partial charge in [0, 0.05) is 31.8 Å². The van der Waals surface area contributed by atoms with Crippen LogP contribution in [-0.2, 0) is 4.79 Å². The van der Waals surface area contributed by atoms with Gasteiger partial charge in [0.1, 0.15) is 0 Å². The van der Waals surface area contributed by atoms with Crippen molar-refractivity contribution in [3.8, 4) is 0 Å². The van der Waals surface area contributed by atoms with Gasteiger partial charge in [0.25, 0.3) is 5.91 Å². The average Bonchev–Trinajstić information content (AvgIpc) is 2.86. The van der Waals surface area contributed by atoms with Crippen LogP contribution in [0, 0.1) is 0 Å². The number of carbonyl (C=O) groups excluding carboxylic acids is 2. The fourth-order valence-corrected chi connectivity index (χ4v) is 2.36. The molecule has 6 heteroatoms. The van der Waals surface area contributed by atoms with Gasteiger partial charge in [0.05, 0.1) is 10.6 Å². The molecule has 1 aliphatic rings. The van der Waals surface area contributed by atoms with E-state index in [0.717, 1.165) is 6.42 Å². The number of amides is 2. The molecule has 1 heterocycles. The third kappa shape index (κ3) is 3.29. The minimum atomic E-state index is -0.294. The standard InChI is InChI=1S/C14H17ClN2O3/c15-12-5-4-10(17-7-1-3-13(17)19)9-11(12)14(20)16-6-2-8-18/h4-5,9,18H,1-3,6-8H2,(H,16,20). The first kappa shape index (κ1) is 14.8. The Morgan fingerprint density at radius 3 is 2.90 bits per heavy atom. The zero-order valence-electron chi connectivity index (χ0n) is 11.1. The Bertz CT molecular complexity index is 519. The zero-order valence-corrected chi connectivity index (χ0v) is 11.8. The van der Waals surface area contributed by atoms with Crippen LogP contribution in [0.3, 0.4) is 0 Å². The number of carbonyl (C=O) groups is 2. The molecular formula is C14H17ClN2O3. The lowest BCUT2D eigenvalue weighted by molar-refractivity contribution is -0.117. The molecule has 1 aliphatic heterocycles. The highest BCUT2D eigenvalue weighted by molar-refractivity contribution is 6.34. The molecule has 0 aliphatic carbocycles. The second-order valence-electron chi connectivity index (χ2n) is 4.65. The first-order valence-corrected chi connectivity index (χ1v) is 7.00. The van der Waals surface area contributed by atoms with Gasteiger partial charge in [-0.1, -0.05) is 11.6 Å². The van der Waals surface area contributed by atoms with Gasteiger partial charge in [-0.05, 0) is 31.0 Å². The minimum absolute atomic E-state index is 0.0241. The van der Waals surface area contributed by atoms with Crippen LogP contribution in [0.2, 0.25) is 5.02 Å². The number of nitrogens with zero attached hydrogens (tertiary/aromatic N) is 1. The van der Waals surface area contributed by atoms with E-state index in [1.165, 1.54) is 0 Å². The molecule has 1 aromatic carbocycles. The molecule has 2 rings (SSSR count). The Morgan fingerprint density at radius 2 is 2.25 bits per heavy atom. The quantitative estimate of drug-likeness (QED) is 0.811. The molecular weight excluding hydrogens is 280 g/mol. The lowest BCUT2D eigenvalue weighted by Gasteiger charge is -2.17. The van der Waals surface area contributed by atoms with E-state index in [2.05, 4.69) is 5.32 Å². The van der Waals surface area contributed by atoms with Crippen molar-refractivity contribution in [2.45, 2.75) is 19.3 Å². The molecule has 1 saturated heterocycles. The number of aliphatic hydroxyl groups excluding tert-OH is 1. The maximum Gasteiger partial charge on any atom is 0.252 e. The normalized spacial score (nSPS) is 14.7. The average molecular weight is 297 g/mol. The van der Waals surface area contributed by atoms with Gasteiger partial charge in [-0.3, -0.25) is 9.59 Å². The van der Waals surface area contributed by atoms with Crippen LogP contribution in [0.25, 0.3) is 0 Å². The number of rotatable bonds is 5. The monoisotopic (exact) mass is 296 g/mol. The predicted molar refractivity (Wildman–Crippen MR) is 77.1 cm³/mol. The van der Waals surface area contributed by atoms with E-state index in [1.54, 1.807) is 23.1 Å². The fraction of sp³-hybridized carbons (Fsp3) is 0.429. The predicted octanol–water partition coefficient (Wildman–Crippen LogP) is 1.58. The molecule has 0 saturated carbocycles. The van der Waals surface area contributed by atoms with Gasteiger partial charge in [0.2, 0.25) is 5.91 Å². The van der Waals surface area contributed by atoms with Crippen LogP contribution in [0.15, 0.2) is 18.2 Å². The Balaban J connectivity index is 2.16. The third-order valence-corrected chi connectivity index (χ3v) is 3.53. The van der Waals surface area contributed by atoms with Crippen molar-refractivity contribution in [1.82, 2.24) is 5.32 Å². The summed E-state index contributed by atoms with van der Waals surface area (Å²) in [7, 11) is 0. The van der Waals surface area contributed by atoms with Crippen LogP contribution in [0.4, 0.5) is 5.69 Å². The van der Waals surface area contributed by atoms with Crippen molar-refractivity contribution in [3.63, 3.8) is 0 Å². The van der Waals surface area contributed by atoms with Gasteiger partial charge in [-0.2, -0.15) is 0 Å². The zero-order chi connectivity index (χ0) is 14.5. The van der Waals surface area contributed by atoms with Crippen molar-refractivity contribution >= 4 is 29.1 Å². The van der Waals surface area contributed by atoms with Crippen molar-refractivity contribution in [3.05, 3.63) is 28.8 Å². The summed E-state index contributed by atoms with van der Waals surface area (Å²) in [5.74, 6) is -0.226. The molecule has 2 amide bonds. The minimum Gasteiger partial charge on any atom is -0.396 e. The smallest absolute Gasteiger partial charge is 0.252 e. The summed E-state index contributed by atoms with van der Waals surface area (Å²) in [4.78, 5) is 25.4. The van der Waals surface area contributed by atoms with Crippen LogP contribution in [0.5, 0.6) is 0 Å². The van der Waals surface area contributed by atoms with Gasteiger partial charge in [-0.15, -0.1) is 0 Å². The van der Waals surface area contributed by atoms with Crippen molar-refractivity contribution in [1.29, 1.82) is 0 Å². The van der Waals surface area contributed by atoms with E-state index in [0.29, 0.717) is 42.2 Å². The molecule has 5 nitrogen and oxygen atoms in total. The Morgan fingerprint density at radius 1 is 1.45 bits per heavy atom. The maximum atomic E-state index is 12.0. The number of benzene rings is 1. The molecule has 0 bridgehead atoms. The molecule has 0 unspecified atom stereocenters. The van der Waals surface area contributed by atoms with E-state index in [4.69, 9.17) is 16.7 Å². The van der Waals surface area contributed by atoms with E-state index >= 15 is 0 Å². The van der Waals surface area contributed by atoms with Crippen LogP contribution < -0.4 is 10.2 Å². The Kier molecular flexibility index (Phi) is 4.98. The first-order chi connectivity index (χ1) is 9.63. The molecule has 0 spiro atoms. The first-order valence-electron chi connectivity index (χ1n) is 6.62. The molecule has 2 N–H and O–H groups in total. The highest BCUT2D eigenvalue weighted by Crippen LogP contribution is 2.26. The van der Waals surface area contributed by atoms with E-state index in [9.17, 15) is 9.59 Å². The molecule has 20 heavy (non-hydrogen) atoms. The Labute approximate surface area is 122 Å². The highest BCUT2D eigenvalue weighted by Gasteiger charge is 2.23. The van der Waals surface area contributed by atoms with Gasteiger partial charge in [-0.25, -0.2) is 0 Å². The summed E-state index contributed by atoms with van der Waals surface area (Å²) in [5, 5.41) is 11.7. The van der Waals surface area contributed by atoms with Gasteiger partial charge >= 0.3 is 0 Å². The molecule has 1 fully saturated rings. The molecule has 1 aromatic rings. The second-order valence-corrected chi connectivity index (χ2v) is 5.05. The fourth-order valence-electron chi connectivity index (χ4n) is 2.15. The number of anilines is 1. The number of nitrogens with one attached hydrogen (secondary N) is 1. The molecule has 0 aromatic heterocycles. The van der Waals surface area contributed by atoms with Crippen molar-refractivity contribution < 1.29 is 14.7 Å². The number of hydrogen-bond acceptors (Lipinski definition) is 3. The lowest BCUT2D eigenvalue weighted by Crippen LogP contribution is -2.27. The molecule has 108 valence electrons.